The molecular formula is C15H31N2O4S+. The molecule has 0 saturated heterocycles. The molecule has 6 nitrogen and oxygen atoms in total. The highest BCUT2D eigenvalue weighted by molar-refractivity contribution is 7.85. The van der Waals surface area contributed by atoms with E-state index in [9.17, 15) is 13.2 Å². The summed E-state index contributed by atoms with van der Waals surface area (Å²) >= 11 is 0. The first-order chi connectivity index (χ1) is 10.0. The molecule has 0 aliphatic heterocycles. The molecule has 130 valence electrons. The first kappa shape index (κ1) is 21.1. The molecule has 0 aromatic rings. The van der Waals surface area contributed by atoms with Crippen molar-refractivity contribution in [2.24, 2.45) is 0 Å². The summed E-state index contributed by atoms with van der Waals surface area (Å²) in [5.74, 6) is -0.334. The van der Waals surface area contributed by atoms with Crippen LogP contribution in [0.15, 0.2) is 12.2 Å². The summed E-state index contributed by atoms with van der Waals surface area (Å²) in [6, 6.07) is 0.0429. The van der Waals surface area contributed by atoms with E-state index < -0.39 is 10.1 Å². The van der Waals surface area contributed by atoms with E-state index in [0.29, 0.717) is 18.5 Å². The third-order valence-electron chi connectivity index (χ3n) is 4.18. The van der Waals surface area contributed by atoms with E-state index in [-0.39, 0.29) is 17.7 Å². The second-order valence-corrected chi connectivity index (χ2v) is 7.58. The van der Waals surface area contributed by atoms with Crippen LogP contribution in [0.5, 0.6) is 0 Å². The Morgan fingerprint density at radius 1 is 1.27 bits per heavy atom. The largest absolute Gasteiger partial charge is 0.350 e. The monoisotopic (exact) mass is 335 g/mol. The molecule has 0 aliphatic rings. The average Bonchev–Trinajstić information content (AvgIpc) is 2.41. The van der Waals surface area contributed by atoms with Gasteiger partial charge < -0.3 is 9.80 Å². The van der Waals surface area contributed by atoms with E-state index in [1.165, 1.54) is 0 Å². The molecule has 0 saturated carbocycles. The minimum atomic E-state index is -3.90. The van der Waals surface area contributed by atoms with E-state index in [1.54, 1.807) is 6.92 Å². The number of hydrogen-bond acceptors (Lipinski definition) is 3. The second-order valence-electron chi connectivity index (χ2n) is 6.00. The van der Waals surface area contributed by atoms with Gasteiger partial charge in [-0.25, -0.2) is 0 Å². The van der Waals surface area contributed by atoms with Gasteiger partial charge in [-0.05, 0) is 27.7 Å². The van der Waals surface area contributed by atoms with Gasteiger partial charge in [0.2, 0.25) is 5.91 Å². The molecule has 0 bridgehead atoms. The molecule has 1 amide bonds. The molecule has 0 aromatic heterocycles. The van der Waals surface area contributed by atoms with Crippen LogP contribution in [-0.4, -0.2) is 61.3 Å². The van der Waals surface area contributed by atoms with Gasteiger partial charge in [0.15, 0.2) is 0 Å². The molecule has 0 radical (unpaired) electrons. The van der Waals surface area contributed by atoms with Gasteiger partial charge >= 0.3 is 0 Å². The first-order valence-corrected chi connectivity index (χ1v) is 9.42. The standard InChI is InChI=1S/C15H30N2O4S/c1-6-17(7-2,10-8-12-22(19,20)21)11-9-14(5)16-15(18)13(3)4/h14H,3,6-12H2,1-2,4-5H3,(H-,16,18,19,20,21)/p+1. The van der Waals surface area contributed by atoms with Crippen LogP contribution in [0.1, 0.15) is 40.5 Å². The molecule has 1 unspecified atom stereocenters. The molecule has 0 aromatic carbocycles. The molecule has 0 spiro atoms. The summed E-state index contributed by atoms with van der Waals surface area (Å²) in [4.78, 5) is 11.6. The predicted molar refractivity (Wildman–Crippen MR) is 89.1 cm³/mol. The highest BCUT2D eigenvalue weighted by Crippen LogP contribution is 2.11. The Morgan fingerprint density at radius 2 is 1.82 bits per heavy atom. The Kier molecular flexibility index (Phi) is 8.88. The van der Waals surface area contributed by atoms with Crippen LogP contribution >= 0.6 is 0 Å². The fourth-order valence-electron chi connectivity index (χ4n) is 2.44. The number of nitrogens with one attached hydrogen (secondary N) is 1. The number of carbonyl (C=O) groups is 1. The minimum Gasteiger partial charge on any atom is -0.350 e. The van der Waals surface area contributed by atoms with Crippen molar-refractivity contribution in [3.63, 3.8) is 0 Å². The van der Waals surface area contributed by atoms with E-state index in [1.807, 2.05) is 6.92 Å². The molecule has 2 N–H and O–H groups in total. The van der Waals surface area contributed by atoms with Gasteiger partial charge in [-0.15, -0.1) is 0 Å². The Balaban J connectivity index is 4.49. The van der Waals surface area contributed by atoms with Gasteiger partial charge in [-0.1, -0.05) is 6.58 Å². The van der Waals surface area contributed by atoms with Crippen LogP contribution in [0.3, 0.4) is 0 Å². The van der Waals surface area contributed by atoms with Gasteiger partial charge in [-0.3, -0.25) is 9.35 Å². The molecule has 7 heteroatoms. The number of quaternary nitrogens is 1. The molecule has 0 fully saturated rings. The highest BCUT2D eigenvalue weighted by atomic mass is 32.2. The van der Waals surface area contributed by atoms with E-state index in [4.69, 9.17) is 4.55 Å². The van der Waals surface area contributed by atoms with E-state index in [2.05, 4.69) is 25.7 Å². The Bertz CT molecular complexity index is 470. The van der Waals surface area contributed by atoms with Crippen molar-refractivity contribution in [3.8, 4) is 0 Å². The smallest absolute Gasteiger partial charge is 0.265 e. The van der Waals surface area contributed by atoms with Crippen molar-refractivity contribution >= 4 is 16.0 Å². The minimum absolute atomic E-state index is 0.0429. The van der Waals surface area contributed by atoms with Gasteiger partial charge in [-0.2, -0.15) is 8.42 Å². The van der Waals surface area contributed by atoms with Gasteiger partial charge in [0.25, 0.3) is 10.1 Å². The maximum absolute atomic E-state index is 11.6. The fourth-order valence-corrected chi connectivity index (χ4v) is 2.93. The van der Waals surface area contributed by atoms with Crippen LogP contribution in [0.4, 0.5) is 0 Å². The van der Waals surface area contributed by atoms with Crippen molar-refractivity contribution in [2.45, 2.75) is 46.6 Å². The summed E-state index contributed by atoms with van der Waals surface area (Å²) < 4.78 is 31.3. The predicted octanol–water partition coefficient (Wildman–Crippen LogP) is 1.59. The third kappa shape index (κ3) is 8.51. The number of amides is 1. The zero-order valence-electron chi connectivity index (χ0n) is 14.3. The van der Waals surface area contributed by atoms with Gasteiger partial charge in [0.1, 0.15) is 0 Å². The third-order valence-corrected chi connectivity index (χ3v) is 4.98. The van der Waals surface area contributed by atoms with Crippen LogP contribution in [-0.2, 0) is 14.9 Å². The number of carbonyl (C=O) groups excluding carboxylic acids is 1. The maximum Gasteiger partial charge on any atom is 0.265 e. The average molecular weight is 335 g/mol. The summed E-state index contributed by atoms with van der Waals surface area (Å²) in [6.45, 7) is 14.7. The summed E-state index contributed by atoms with van der Waals surface area (Å²) in [7, 11) is -3.90. The maximum atomic E-state index is 11.6. The first-order valence-electron chi connectivity index (χ1n) is 7.82. The Hall–Kier alpha value is -0.920. The Labute approximate surface area is 134 Å². The lowest BCUT2D eigenvalue weighted by Crippen LogP contribution is -2.51. The number of hydrogen-bond donors (Lipinski definition) is 2. The van der Waals surface area contributed by atoms with Crippen molar-refractivity contribution in [1.82, 2.24) is 5.32 Å². The van der Waals surface area contributed by atoms with Crippen molar-refractivity contribution < 1.29 is 22.2 Å². The summed E-state index contributed by atoms with van der Waals surface area (Å²) in [6.07, 6.45) is 1.25. The zero-order valence-corrected chi connectivity index (χ0v) is 15.1. The second kappa shape index (κ2) is 9.27. The summed E-state index contributed by atoms with van der Waals surface area (Å²) in [5.41, 5.74) is 0.492. The number of nitrogens with zero attached hydrogens (tertiary/aromatic N) is 1. The lowest BCUT2D eigenvalue weighted by molar-refractivity contribution is -0.925. The van der Waals surface area contributed by atoms with Gasteiger partial charge in [0, 0.05) is 24.5 Å². The molecular weight excluding hydrogens is 304 g/mol. The molecule has 0 heterocycles. The van der Waals surface area contributed by atoms with Gasteiger partial charge in [0.05, 0.1) is 31.9 Å². The van der Waals surface area contributed by atoms with E-state index in [0.717, 1.165) is 30.5 Å². The van der Waals surface area contributed by atoms with Crippen LogP contribution in [0.2, 0.25) is 0 Å². The van der Waals surface area contributed by atoms with Crippen LogP contribution < -0.4 is 5.32 Å². The highest BCUT2D eigenvalue weighted by Gasteiger charge is 2.24. The van der Waals surface area contributed by atoms with Crippen molar-refractivity contribution in [3.05, 3.63) is 12.2 Å². The Morgan fingerprint density at radius 3 is 2.23 bits per heavy atom. The SMILES string of the molecule is C=C(C)C(=O)NC(C)CC[N+](CC)(CC)CCCS(=O)(=O)O. The molecule has 1 atom stereocenters. The molecule has 0 aliphatic carbocycles. The van der Waals surface area contributed by atoms with E-state index >= 15 is 0 Å². The quantitative estimate of drug-likeness (QED) is 0.341. The molecule has 0 rings (SSSR count). The molecule has 22 heavy (non-hydrogen) atoms. The summed E-state index contributed by atoms with van der Waals surface area (Å²) in [5, 5.41) is 2.90. The topological polar surface area (TPSA) is 83.5 Å². The normalized spacial score (nSPS) is 13.7. The lowest BCUT2D eigenvalue weighted by atomic mass is 10.1. The van der Waals surface area contributed by atoms with Crippen LogP contribution in [0.25, 0.3) is 0 Å². The van der Waals surface area contributed by atoms with Crippen molar-refractivity contribution in [1.29, 1.82) is 0 Å². The van der Waals surface area contributed by atoms with Crippen LogP contribution in [0, 0.1) is 0 Å². The zero-order chi connectivity index (χ0) is 17.4. The number of rotatable bonds is 11. The lowest BCUT2D eigenvalue weighted by Gasteiger charge is -2.37. The fraction of sp³-hybridized carbons (Fsp3) is 0.800. The van der Waals surface area contributed by atoms with Crippen molar-refractivity contribution in [2.75, 3.05) is 31.9 Å².